The summed E-state index contributed by atoms with van der Waals surface area (Å²) in [5, 5.41) is 3.63. The molecule has 0 amide bonds. The Morgan fingerprint density at radius 2 is 0.833 bits per heavy atom. The molecule has 5 rings (SSSR count). The van der Waals surface area contributed by atoms with Crippen LogP contribution in [0.4, 0.5) is 0 Å². The van der Waals surface area contributed by atoms with Gasteiger partial charge in [0.2, 0.25) is 0 Å². The van der Waals surface area contributed by atoms with Crippen molar-refractivity contribution < 1.29 is 38.0 Å². The minimum atomic E-state index is -0.00379. The predicted octanol–water partition coefficient (Wildman–Crippen LogP) is 5.90. The highest BCUT2D eigenvalue weighted by Gasteiger charge is 2.20. The summed E-state index contributed by atoms with van der Waals surface area (Å²) >= 11 is 0. The van der Waals surface area contributed by atoms with Crippen LogP contribution in [0.5, 0.6) is 11.5 Å². The summed E-state index contributed by atoms with van der Waals surface area (Å²) in [4.78, 5) is 24.4. The second kappa shape index (κ2) is 14.4. The molecular weight excluding hydrogens is 536 g/mol. The number of rotatable bonds is 2. The molecule has 0 aliphatic carbocycles. The van der Waals surface area contributed by atoms with Crippen LogP contribution in [0.15, 0.2) is 60.7 Å². The Kier molecular flexibility index (Phi) is 10.2. The topological polar surface area (TPSA) is 89.5 Å². The van der Waals surface area contributed by atoms with Crippen LogP contribution < -0.4 is 9.47 Å². The molecule has 8 nitrogen and oxygen atoms in total. The first kappa shape index (κ1) is 29.7. The molecule has 42 heavy (non-hydrogen) atoms. The molecule has 0 bridgehead atoms. The third kappa shape index (κ3) is 7.14. The highest BCUT2D eigenvalue weighted by Crippen LogP contribution is 2.46. The third-order valence-electron chi connectivity index (χ3n) is 7.11. The van der Waals surface area contributed by atoms with Crippen molar-refractivity contribution in [2.75, 3.05) is 66.1 Å². The van der Waals surface area contributed by atoms with E-state index in [1.165, 1.54) is 0 Å². The molecule has 1 heterocycles. The summed E-state index contributed by atoms with van der Waals surface area (Å²) in [5.41, 5.74) is 2.94. The van der Waals surface area contributed by atoms with Crippen molar-refractivity contribution in [3.05, 3.63) is 71.8 Å². The van der Waals surface area contributed by atoms with Crippen molar-refractivity contribution in [2.45, 2.75) is 13.8 Å². The Bertz CT molecular complexity index is 1440. The zero-order valence-corrected chi connectivity index (χ0v) is 24.1. The van der Waals surface area contributed by atoms with Crippen LogP contribution in [-0.4, -0.2) is 77.6 Å². The van der Waals surface area contributed by atoms with Gasteiger partial charge in [0.15, 0.2) is 11.6 Å². The monoisotopic (exact) mass is 572 g/mol. The van der Waals surface area contributed by atoms with Gasteiger partial charge in [-0.15, -0.1) is 0 Å². The molecule has 4 aromatic rings. The highest BCUT2D eigenvalue weighted by atomic mass is 16.6. The van der Waals surface area contributed by atoms with Gasteiger partial charge in [0, 0.05) is 22.3 Å². The van der Waals surface area contributed by atoms with Crippen LogP contribution in [0.2, 0.25) is 0 Å². The minimum Gasteiger partial charge on any atom is -0.491 e. The highest BCUT2D eigenvalue weighted by molar-refractivity contribution is 6.12. The van der Waals surface area contributed by atoms with Crippen LogP contribution in [0.3, 0.4) is 0 Å². The Balaban J connectivity index is 1.63. The molecule has 0 spiro atoms. The first-order chi connectivity index (χ1) is 20.5. The van der Waals surface area contributed by atoms with E-state index in [9.17, 15) is 9.59 Å². The van der Waals surface area contributed by atoms with Crippen LogP contribution in [0, 0.1) is 0 Å². The summed E-state index contributed by atoms with van der Waals surface area (Å²) in [5.74, 6) is 1.31. The molecule has 0 saturated carbocycles. The smallest absolute Gasteiger partial charge is 0.159 e. The van der Waals surface area contributed by atoms with Gasteiger partial charge in [-0.05, 0) is 59.7 Å². The fraction of sp³-hybridized carbons (Fsp3) is 0.353. The number of Topliss-reactive ketones (excluding diaryl/α,β-unsaturated/α-hetero) is 2. The number of benzene rings is 4. The molecule has 4 aromatic carbocycles. The van der Waals surface area contributed by atoms with Gasteiger partial charge in [0.1, 0.15) is 24.7 Å². The van der Waals surface area contributed by atoms with Gasteiger partial charge in [-0.2, -0.15) is 0 Å². The van der Waals surface area contributed by atoms with Crippen LogP contribution >= 0.6 is 0 Å². The van der Waals surface area contributed by atoms with Gasteiger partial charge in [-0.25, -0.2) is 0 Å². The average Bonchev–Trinajstić information content (AvgIpc) is 2.99. The molecule has 0 aromatic heterocycles. The zero-order valence-electron chi connectivity index (χ0n) is 24.1. The lowest BCUT2D eigenvalue weighted by Gasteiger charge is -2.20. The van der Waals surface area contributed by atoms with E-state index in [4.69, 9.17) is 28.4 Å². The minimum absolute atomic E-state index is 0.00379. The van der Waals surface area contributed by atoms with Gasteiger partial charge < -0.3 is 28.4 Å². The fourth-order valence-electron chi connectivity index (χ4n) is 5.00. The molecule has 0 N–H and O–H groups in total. The Labute approximate surface area is 245 Å². The molecule has 0 radical (unpaired) electrons. The second-order valence-electron chi connectivity index (χ2n) is 10.0. The molecule has 0 fully saturated rings. The lowest BCUT2D eigenvalue weighted by molar-refractivity contribution is -0.00704. The molecule has 1 aliphatic rings. The lowest BCUT2D eigenvalue weighted by Crippen LogP contribution is -2.15. The van der Waals surface area contributed by atoms with Gasteiger partial charge in [-0.1, -0.05) is 36.4 Å². The molecule has 0 saturated heterocycles. The summed E-state index contributed by atoms with van der Waals surface area (Å²) in [7, 11) is 0. The maximum atomic E-state index is 12.2. The lowest BCUT2D eigenvalue weighted by atomic mass is 9.90. The predicted molar refractivity (Wildman–Crippen MR) is 161 cm³/mol. The summed E-state index contributed by atoms with van der Waals surface area (Å²) in [6.45, 7) is 7.38. The largest absolute Gasteiger partial charge is 0.491 e. The molecule has 220 valence electrons. The standard InChI is InChI=1S/C34H36O8/c1-23(35)25-3-7-29-27(21-25)5-9-31-33(29)34-30-8-4-26(24(2)36)22-28(30)6-10-32(34)42-20-18-40-16-14-38-12-11-37-13-15-39-17-19-41-31/h3-10,21-22H,11-20H2,1-2H3. The van der Waals surface area contributed by atoms with Crippen molar-refractivity contribution in [2.24, 2.45) is 0 Å². The average molecular weight is 573 g/mol. The van der Waals surface area contributed by atoms with Crippen molar-refractivity contribution in [1.82, 2.24) is 0 Å². The van der Waals surface area contributed by atoms with E-state index in [0.717, 1.165) is 32.7 Å². The number of ether oxygens (including phenoxy) is 6. The van der Waals surface area contributed by atoms with E-state index in [-0.39, 0.29) is 11.6 Å². The first-order valence-electron chi connectivity index (χ1n) is 14.3. The van der Waals surface area contributed by atoms with Crippen molar-refractivity contribution in [3.63, 3.8) is 0 Å². The van der Waals surface area contributed by atoms with E-state index >= 15 is 0 Å². The normalized spacial score (nSPS) is 16.0. The van der Waals surface area contributed by atoms with Gasteiger partial charge >= 0.3 is 0 Å². The van der Waals surface area contributed by atoms with Crippen LogP contribution in [0.1, 0.15) is 34.6 Å². The maximum absolute atomic E-state index is 12.2. The van der Waals surface area contributed by atoms with Crippen LogP contribution in [-0.2, 0) is 18.9 Å². The summed E-state index contributed by atoms with van der Waals surface area (Å²) in [6.07, 6.45) is 0. The molecule has 1 aliphatic heterocycles. The number of carbonyl (C=O) groups excluding carboxylic acids is 2. The SMILES string of the molecule is CC(=O)c1ccc2c3c(ccc2c1)OCCOCCOCCOCCOCCOc1ccc2cc(C(C)=O)ccc2c1-3. The van der Waals surface area contributed by atoms with E-state index in [1.807, 2.05) is 60.7 Å². The maximum Gasteiger partial charge on any atom is 0.159 e. The van der Waals surface area contributed by atoms with Crippen molar-refractivity contribution in [1.29, 1.82) is 0 Å². The van der Waals surface area contributed by atoms with Crippen molar-refractivity contribution >= 4 is 33.1 Å². The van der Waals surface area contributed by atoms with E-state index < -0.39 is 0 Å². The van der Waals surface area contributed by atoms with Gasteiger partial charge in [0.05, 0.1) is 52.9 Å². The first-order valence-corrected chi connectivity index (χ1v) is 14.3. The number of fused-ring (bicyclic) bond motifs is 7. The molecular formula is C34H36O8. The van der Waals surface area contributed by atoms with Crippen molar-refractivity contribution in [3.8, 4) is 22.6 Å². The zero-order chi connectivity index (χ0) is 29.3. The van der Waals surface area contributed by atoms with Crippen LogP contribution in [0.25, 0.3) is 32.7 Å². The summed E-state index contributed by atoms with van der Waals surface area (Å²) in [6, 6.07) is 19.1. The molecule has 0 atom stereocenters. The summed E-state index contributed by atoms with van der Waals surface area (Å²) < 4.78 is 35.2. The number of hydrogen-bond acceptors (Lipinski definition) is 8. The second-order valence-corrected chi connectivity index (χ2v) is 10.0. The van der Waals surface area contributed by atoms with E-state index in [1.54, 1.807) is 13.8 Å². The van der Waals surface area contributed by atoms with Gasteiger partial charge in [0.25, 0.3) is 0 Å². The Morgan fingerprint density at radius 3 is 1.19 bits per heavy atom. The fourth-order valence-corrected chi connectivity index (χ4v) is 5.00. The Hall–Kier alpha value is -3.82. The molecule has 8 heteroatoms. The Morgan fingerprint density at radius 1 is 0.476 bits per heavy atom. The number of hydrogen-bond donors (Lipinski definition) is 0. The number of ketones is 2. The molecule has 0 unspecified atom stereocenters. The van der Waals surface area contributed by atoms with E-state index in [0.29, 0.717) is 88.7 Å². The van der Waals surface area contributed by atoms with Gasteiger partial charge in [-0.3, -0.25) is 9.59 Å². The third-order valence-corrected chi connectivity index (χ3v) is 7.11. The number of carbonyl (C=O) groups is 2. The van der Waals surface area contributed by atoms with E-state index in [2.05, 4.69) is 0 Å². The quantitative estimate of drug-likeness (QED) is 0.274.